The van der Waals surface area contributed by atoms with Gasteiger partial charge in [-0.2, -0.15) is 0 Å². The molecular weight excluding hydrogens is 224 g/mol. The second kappa shape index (κ2) is 12.0. The van der Waals surface area contributed by atoms with Crippen LogP contribution in [0.25, 0.3) is 0 Å². The molecular formula is C12H21Br. The Morgan fingerprint density at radius 2 is 1.85 bits per heavy atom. The minimum Gasteiger partial charge on any atom is -0.0925 e. The Kier molecular flexibility index (Phi) is 8.75. The minimum absolute atomic E-state index is 0.657. The Hall–Kier alpha value is -0.0400. The average Bonchev–Trinajstić information content (AvgIpc) is 2.18. The van der Waals surface area contributed by atoms with Gasteiger partial charge in [0, 0.05) is 5.33 Å². The van der Waals surface area contributed by atoms with E-state index in [9.17, 15) is 0 Å². The smallest absolute Gasteiger partial charge is 0.0573 e. The van der Waals surface area contributed by atoms with E-state index in [0.29, 0.717) is 12.1 Å². The maximum atomic E-state index is 7.66. The first-order valence-electron chi connectivity index (χ1n) is 6.08. The average molecular weight is 247 g/mol. The third kappa shape index (κ3) is 12.0. The van der Waals surface area contributed by atoms with E-state index in [1.807, 2.05) is 12.2 Å². The maximum Gasteiger partial charge on any atom is 0.0573 e. The van der Waals surface area contributed by atoms with E-state index in [1.165, 1.54) is 12.8 Å². The van der Waals surface area contributed by atoms with E-state index in [2.05, 4.69) is 22.9 Å². The standard InChI is InChI=1S/C12H21Br/c1-2-3-4-5-6-7-8-9-10-11-12-13/h6-7,9-10H,2-5,8,11-12H2,1H3/b7-6-,10-9-/i6D,10D. The highest BCUT2D eigenvalue weighted by molar-refractivity contribution is 9.09. The van der Waals surface area contributed by atoms with Gasteiger partial charge < -0.3 is 0 Å². The predicted octanol–water partition coefficient (Wildman–Crippen LogP) is 4.85. The van der Waals surface area contributed by atoms with Crippen LogP contribution in [-0.4, -0.2) is 5.33 Å². The molecule has 0 aliphatic carbocycles. The Morgan fingerprint density at radius 1 is 1.15 bits per heavy atom. The first-order valence-corrected chi connectivity index (χ1v) is 6.20. The van der Waals surface area contributed by atoms with Crippen LogP contribution in [0, 0.1) is 0 Å². The summed E-state index contributed by atoms with van der Waals surface area (Å²) >= 11 is 3.30. The summed E-state index contributed by atoms with van der Waals surface area (Å²) in [5.74, 6) is 0. The van der Waals surface area contributed by atoms with Crippen LogP contribution in [0.15, 0.2) is 24.3 Å². The molecule has 0 rings (SSSR count). The summed E-state index contributed by atoms with van der Waals surface area (Å²) in [6, 6.07) is 1.37. The lowest BCUT2D eigenvalue weighted by molar-refractivity contribution is 0.728. The molecule has 76 valence electrons. The van der Waals surface area contributed by atoms with Gasteiger partial charge in [-0.1, -0.05) is 60.0 Å². The molecule has 0 nitrogen and oxygen atoms in total. The van der Waals surface area contributed by atoms with E-state index in [-0.39, 0.29) is 0 Å². The maximum absolute atomic E-state index is 7.66. The van der Waals surface area contributed by atoms with Gasteiger partial charge in [0.2, 0.25) is 0 Å². The molecule has 1 heteroatoms. The molecule has 0 bridgehead atoms. The zero-order valence-corrected chi connectivity index (χ0v) is 10.1. The van der Waals surface area contributed by atoms with Crippen molar-refractivity contribution in [3.63, 3.8) is 0 Å². The van der Waals surface area contributed by atoms with Crippen molar-refractivity contribution < 1.29 is 2.74 Å². The highest BCUT2D eigenvalue weighted by Gasteiger charge is 1.80. The number of alkyl halides is 1. The summed E-state index contributed by atoms with van der Waals surface area (Å²) in [5.41, 5.74) is 0. The fraction of sp³-hybridized carbons (Fsp3) is 0.667. The molecule has 0 radical (unpaired) electrons. The van der Waals surface area contributed by atoms with Gasteiger partial charge in [0.15, 0.2) is 0 Å². The van der Waals surface area contributed by atoms with Crippen molar-refractivity contribution in [1.29, 1.82) is 0 Å². The summed E-state index contributed by atoms with van der Waals surface area (Å²) in [7, 11) is 0. The second-order valence-corrected chi connectivity index (χ2v) is 3.74. The van der Waals surface area contributed by atoms with Crippen LogP contribution in [0.5, 0.6) is 0 Å². The predicted molar refractivity (Wildman–Crippen MR) is 65.5 cm³/mol. The molecule has 0 N–H and O–H groups in total. The van der Waals surface area contributed by atoms with Crippen LogP contribution in [0.4, 0.5) is 0 Å². The normalized spacial score (nSPS) is 15.5. The molecule has 0 saturated heterocycles. The summed E-state index contributed by atoms with van der Waals surface area (Å²) < 4.78 is 15.2. The van der Waals surface area contributed by atoms with Crippen molar-refractivity contribution >= 4 is 15.9 Å². The molecule has 0 unspecified atom stereocenters. The molecule has 0 spiro atoms. The van der Waals surface area contributed by atoms with Gasteiger partial charge in [0.1, 0.15) is 0 Å². The van der Waals surface area contributed by atoms with Gasteiger partial charge in [0.05, 0.1) is 2.74 Å². The molecule has 0 aliphatic rings. The lowest BCUT2D eigenvalue weighted by Crippen LogP contribution is -1.70. The lowest BCUT2D eigenvalue weighted by Gasteiger charge is -1.90. The zero-order valence-electron chi connectivity index (χ0n) is 10.5. The first kappa shape index (κ1) is 9.51. The Morgan fingerprint density at radius 3 is 2.46 bits per heavy atom. The topological polar surface area (TPSA) is 0 Å². The third-order valence-electron chi connectivity index (χ3n) is 1.69. The molecule has 0 fully saturated rings. The van der Waals surface area contributed by atoms with Crippen molar-refractivity contribution in [1.82, 2.24) is 0 Å². The van der Waals surface area contributed by atoms with Gasteiger partial charge in [0.25, 0.3) is 0 Å². The van der Waals surface area contributed by atoms with E-state index in [1.54, 1.807) is 0 Å². The van der Waals surface area contributed by atoms with Gasteiger partial charge >= 0.3 is 0 Å². The zero-order chi connectivity index (χ0) is 11.5. The molecule has 0 aliphatic heterocycles. The number of hydrogen-bond acceptors (Lipinski definition) is 0. The third-order valence-corrected chi connectivity index (χ3v) is 2.08. The molecule has 0 heterocycles. The fourth-order valence-electron chi connectivity index (χ4n) is 0.961. The summed E-state index contributed by atoms with van der Waals surface area (Å²) in [4.78, 5) is 0. The van der Waals surface area contributed by atoms with Crippen molar-refractivity contribution in [2.45, 2.75) is 45.4 Å². The van der Waals surface area contributed by atoms with E-state index >= 15 is 0 Å². The quantitative estimate of drug-likeness (QED) is 0.326. The molecule has 0 aromatic carbocycles. The number of halogens is 1. The molecule has 0 atom stereocenters. The molecule has 0 saturated carbocycles. The fourth-order valence-corrected chi connectivity index (χ4v) is 1.19. The molecule has 0 aromatic heterocycles. The summed E-state index contributed by atoms with van der Waals surface area (Å²) in [6.07, 6.45) is 9.72. The van der Waals surface area contributed by atoms with Crippen LogP contribution in [-0.2, 0) is 0 Å². The van der Waals surface area contributed by atoms with Crippen molar-refractivity contribution in [2.75, 3.05) is 5.33 Å². The highest BCUT2D eigenvalue weighted by atomic mass is 79.9. The largest absolute Gasteiger partial charge is 0.0925 e. The molecule has 0 aromatic rings. The van der Waals surface area contributed by atoms with E-state index < -0.39 is 0 Å². The monoisotopic (exact) mass is 246 g/mol. The van der Waals surface area contributed by atoms with Crippen molar-refractivity contribution in [2.24, 2.45) is 0 Å². The van der Waals surface area contributed by atoms with Crippen LogP contribution in [0.3, 0.4) is 0 Å². The van der Waals surface area contributed by atoms with Gasteiger partial charge in [-0.3, -0.25) is 0 Å². The highest BCUT2D eigenvalue weighted by Crippen LogP contribution is 2.00. The minimum atomic E-state index is 0.657. The number of unbranched alkanes of at least 4 members (excludes halogenated alkanes) is 2. The van der Waals surface area contributed by atoms with E-state index in [4.69, 9.17) is 2.74 Å². The summed E-state index contributed by atoms with van der Waals surface area (Å²) in [5, 5.41) is 0.844. The Labute approximate surface area is 94.1 Å². The van der Waals surface area contributed by atoms with Crippen LogP contribution in [0.2, 0.25) is 0 Å². The van der Waals surface area contributed by atoms with E-state index in [0.717, 1.165) is 31.0 Å². The summed E-state index contributed by atoms with van der Waals surface area (Å²) in [6.45, 7) is 2.17. The first-order chi connectivity index (χ1) is 7.20. The van der Waals surface area contributed by atoms with Gasteiger partial charge in [-0.05, 0) is 25.7 Å². The van der Waals surface area contributed by atoms with Crippen LogP contribution < -0.4 is 0 Å². The van der Waals surface area contributed by atoms with Crippen molar-refractivity contribution in [3.05, 3.63) is 24.3 Å². The number of rotatable bonds is 8. The number of allylic oxidation sites excluding steroid dienone is 4. The molecule has 13 heavy (non-hydrogen) atoms. The van der Waals surface area contributed by atoms with Crippen molar-refractivity contribution in [3.8, 4) is 0 Å². The Balaban J connectivity index is 3.69. The SMILES string of the molecule is [2H]/C(=C/C/C=C(/[2H])CCCCC)CCBr. The molecule has 0 amide bonds. The second-order valence-electron chi connectivity index (χ2n) is 2.95. The Bertz CT molecular complexity index is 210. The lowest BCUT2D eigenvalue weighted by atomic mass is 10.2. The van der Waals surface area contributed by atoms with Crippen LogP contribution in [0.1, 0.15) is 48.2 Å². The van der Waals surface area contributed by atoms with Crippen LogP contribution >= 0.6 is 15.9 Å². The van der Waals surface area contributed by atoms with Gasteiger partial charge in [-0.15, -0.1) is 0 Å². The van der Waals surface area contributed by atoms with Gasteiger partial charge in [-0.25, -0.2) is 0 Å². The number of hydrogen-bond donors (Lipinski definition) is 0.